The zero-order chi connectivity index (χ0) is 10.8. The summed E-state index contributed by atoms with van der Waals surface area (Å²) >= 11 is 4.83. The Morgan fingerprint density at radius 2 is 2.40 bits per heavy atom. The topological polar surface area (TPSA) is 55.2 Å². The summed E-state index contributed by atoms with van der Waals surface area (Å²) in [5, 5.41) is 0. The van der Waals surface area contributed by atoms with E-state index in [9.17, 15) is 4.79 Å². The molecule has 2 rings (SSSR count). The second kappa shape index (κ2) is 3.86. The summed E-state index contributed by atoms with van der Waals surface area (Å²) in [6, 6.07) is 4.99. The van der Waals surface area contributed by atoms with Crippen LogP contribution in [0.2, 0.25) is 0 Å². The van der Waals surface area contributed by atoms with E-state index in [4.69, 9.17) is 21.4 Å². The molecule has 5 heteroatoms. The Labute approximate surface area is 90.9 Å². The molecule has 0 aliphatic heterocycles. The molecule has 15 heavy (non-hydrogen) atoms. The fraction of sp³-hybridized carbons (Fsp3) is 0.200. The average molecular weight is 223 g/mol. The smallest absolute Gasteiger partial charge is 0.338 e. The molecule has 0 saturated heterocycles. The number of H-pyrrole nitrogens is 1. The number of carbonyl (C=O) groups is 1. The maximum atomic E-state index is 11.4. The van der Waals surface area contributed by atoms with Gasteiger partial charge in [-0.1, -0.05) is 0 Å². The first-order chi connectivity index (χ1) is 7.20. The van der Waals surface area contributed by atoms with Crippen LogP contribution in [0.3, 0.4) is 0 Å². The fourth-order valence-electron chi connectivity index (χ4n) is 1.29. The van der Waals surface area contributed by atoms with Crippen molar-refractivity contribution >= 4 is 29.3 Å². The predicted octanol–water partition coefficient (Wildman–Crippen LogP) is 2.67. The minimum atomic E-state index is -0.347. The van der Waals surface area contributed by atoms with Crippen molar-refractivity contribution in [3.05, 3.63) is 28.6 Å². The monoisotopic (exact) mass is 223 g/mol. The second-order valence-corrected chi connectivity index (χ2v) is 3.32. The molecule has 0 fully saturated rings. The van der Waals surface area contributed by atoms with Crippen LogP contribution in [0.1, 0.15) is 17.3 Å². The molecule has 4 nitrogen and oxygen atoms in total. The number of hydrogen-bond donors (Lipinski definition) is 1. The Morgan fingerprint density at radius 3 is 3.13 bits per heavy atom. The molecule has 0 amide bonds. The maximum Gasteiger partial charge on any atom is 0.338 e. The number of aromatic amines is 1. The summed E-state index contributed by atoms with van der Waals surface area (Å²) in [5.74, 6) is -0.347. The van der Waals surface area contributed by atoms with Gasteiger partial charge in [-0.2, -0.15) is 0 Å². The standard InChI is InChI=1S/C10H9NO3S/c1-2-13-9(12)6-3-4-8-7(5-6)11-10(15)14-8/h3-5H,2H2,1H3,(H,11,15). The Balaban J connectivity index is 2.46. The molecule has 1 aromatic heterocycles. The largest absolute Gasteiger partial charge is 0.462 e. The number of esters is 1. The summed E-state index contributed by atoms with van der Waals surface area (Å²) < 4.78 is 10.0. The first-order valence-electron chi connectivity index (χ1n) is 4.50. The number of benzene rings is 1. The molecule has 2 aromatic rings. The normalized spacial score (nSPS) is 10.5. The summed E-state index contributed by atoms with van der Waals surface area (Å²) in [4.78, 5) is 14.5. The fourth-order valence-corrected chi connectivity index (χ4v) is 1.49. The lowest BCUT2D eigenvalue weighted by atomic mass is 10.2. The van der Waals surface area contributed by atoms with Crippen molar-refractivity contribution in [3.8, 4) is 0 Å². The van der Waals surface area contributed by atoms with Crippen LogP contribution in [-0.4, -0.2) is 17.6 Å². The van der Waals surface area contributed by atoms with Crippen LogP contribution in [0.25, 0.3) is 11.1 Å². The van der Waals surface area contributed by atoms with Crippen molar-refractivity contribution in [1.29, 1.82) is 0 Å². The second-order valence-electron chi connectivity index (χ2n) is 2.95. The molecular weight excluding hydrogens is 214 g/mol. The van der Waals surface area contributed by atoms with Crippen LogP contribution in [0.5, 0.6) is 0 Å². The maximum absolute atomic E-state index is 11.4. The van der Waals surface area contributed by atoms with E-state index in [-0.39, 0.29) is 5.97 Å². The molecule has 0 bridgehead atoms. The molecule has 78 valence electrons. The van der Waals surface area contributed by atoms with Crippen LogP contribution >= 0.6 is 12.2 Å². The van der Waals surface area contributed by atoms with Crippen LogP contribution in [0, 0.1) is 4.84 Å². The minimum Gasteiger partial charge on any atom is -0.462 e. The van der Waals surface area contributed by atoms with E-state index in [1.54, 1.807) is 25.1 Å². The van der Waals surface area contributed by atoms with Crippen LogP contribution in [0.15, 0.2) is 22.6 Å². The van der Waals surface area contributed by atoms with Gasteiger partial charge in [0.2, 0.25) is 0 Å². The third-order valence-electron chi connectivity index (χ3n) is 1.93. The molecule has 0 spiro atoms. The van der Waals surface area contributed by atoms with Crippen LogP contribution in [0.4, 0.5) is 0 Å². The predicted molar refractivity (Wildman–Crippen MR) is 57.4 cm³/mol. The molecule has 0 saturated carbocycles. The highest BCUT2D eigenvalue weighted by molar-refractivity contribution is 7.71. The van der Waals surface area contributed by atoms with E-state index in [0.29, 0.717) is 28.1 Å². The lowest BCUT2D eigenvalue weighted by Gasteiger charge is -2.00. The van der Waals surface area contributed by atoms with E-state index in [1.165, 1.54) is 0 Å². The lowest BCUT2D eigenvalue weighted by molar-refractivity contribution is 0.0526. The highest BCUT2D eigenvalue weighted by atomic mass is 32.1. The summed E-state index contributed by atoms with van der Waals surface area (Å²) in [5.41, 5.74) is 1.81. The average Bonchev–Trinajstić information content (AvgIpc) is 2.57. The van der Waals surface area contributed by atoms with Gasteiger partial charge in [0.1, 0.15) is 0 Å². The first kappa shape index (κ1) is 9.92. The van der Waals surface area contributed by atoms with Crippen molar-refractivity contribution < 1.29 is 13.9 Å². The van der Waals surface area contributed by atoms with Gasteiger partial charge in [0, 0.05) is 0 Å². The van der Waals surface area contributed by atoms with E-state index in [0.717, 1.165) is 0 Å². The Morgan fingerprint density at radius 1 is 1.60 bits per heavy atom. The molecular formula is C10H9NO3S. The Hall–Kier alpha value is -1.62. The summed E-state index contributed by atoms with van der Waals surface area (Å²) in [6.45, 7) is 2.13. The number of fused-ring (bicyclic) bond motifs is 1. The van der Waals surface area contributed by atoms with Gasteiger partial charge in [0.05, 0.1) is 17.7 Å². The van der Waals surface area contributed by atoms with Crippen molar-refractivity contribution in [3.63, 3.8) is 0 Å². The van der Waals surface area contributed by atoms with Gasteiger partial charge in [0.15, 0.2) is 5.58 Å². The molecule has 1 aromatic carbocycles. The molecule has 0 radical (unpaired) electrons. The highest BCUT2D eigenvalue weighted by Gasteiger charge is 2.08. The quantitative estimate of drug-likeness (QED) is 0.628. The van der Waals surface area contributed by atoms with Gasteiger partial charge < -0.3 is 14.1 Å². The van der Waals surface area contributed by atoms with E-state index < -0.39 is 0 Å². The first-order valence-corrected chi connectivity index (χ1v) is 4.91. The van der Waals surface area contributed by atoms with Crippen molar-refractivity contribution in [2.45, 2.75) is 6.92 Å². The van der Waals surface area contributed by atoms with Crippen molar-refractivity contribution in [2.75, 3.05) is 6.61 Å². The highest BCUT2D eigenvalue weighted by Crippen LogP contribution is 2.15. The number of rotatable bonds is 2. The number of carbonyl (C=O) groups excluding carboxylic acids is 1. The minimum absolute atomic E-state index is 0.297. The zero-order valence-electron chi connectivity index (χ0n) is 8.07. The number of hydrogen-bond acceptors (Lipinski definition) is 4. The molecule has 0 unspecified atom stereocenters. The van der Waals surface area contributed by atoms with Crippen LogP contribution < -0.4 is 0 Å². The third-order valence-corrected chi connectivity index (χ3v) is 2.12. The van der Waals surface area contributed by atoms with Gasteiger partial charge >= 0.3 is 5.97 Å². The Kier molecular flexibility index (Phi) is 2.55. The van der Waals surface area contributed by atoms with E-state index in [1.807, 2.05) is 0 Å². The number of oxazole rings is 1. The molecule has 0 aliphatic rings. The van der Waals surface area contributed by atoms with E-state index in [2.05, 4.69) is 4.98 Å². The lowest BCUT2D eigenvalue weighted by Crippen LogP contribution is -2.03. The third kappa shape index (κ3) is 1.92. The van der Waals surface area contributed by atoms with Crippen molar-refractivity contribution in [2.24, 2.45) is 0 Å². The Bertz CT molecular complexity index is 555. The van der Waals surface area contributed by atoms with Gasteiger partial charge in [0.25, 0.3) is 4.84 Å². The SMILES string of the molecule is CCOC(=O)c1ccc2oc(=S)[nH]c2c1. The van der Waals surface area contributed by atoms with Gasteiger partial charge in [-0.05, 0) is 37.3 Å². The summed E-state index contributed by atoms with van der Waals surface area (Å²) in [6.07, 6.45) is 0. The molecule has 0 aliphatic carbocycles. The zero-order valence-corrected chi connectivity index (χ0v) is 8.89. The molecule has 1 N–H and O–H groups in total. The van der Waals surface area contributed by atoms with Crippen molar-refractivity contribution in [1.82, 2.24) is 4.98 Å². The molecule has 1 heterocycles. The molecule has 0 atom stereocenters. The number of nitrogens with one attached hydrogen (secondary N) is 1. The van der Waals surface area contributed by atoms with Gasteiger partial charge in [-0.15, -0.1) is 0 Å². The van der Waals surface area contributed by atoms with Crippen LogP contribution in [-0.2, 0) is 4.74 Å². The number of aromatic nitrogens is 1. The van der Waals surface area contributed by atoms with Gasteiger partial charge in [-0.3, -0.25) is 0 Å². The van der Waals surface area contributed by atoms with E-state index >= 15 is 0 Å². The number of ether oxygens (including phenoxy) is 1. The summed E-state index contributed by atoms with van der Waals surface area (Å²) in [7, 11) is 0. The van der Waals surface area contributed by atoms with Gasteiger partial charge in [-0.25, -0.2) is 4.79 Å².